The zero-order chi connectivity index (χ0) is 23.4. The molecule has 0 aromatic heterocycles. The van der Waals surface area contributed by atoms with E-state index >= 15 is 0 Å². The number of hydrogen-bond acceptors (Lipinski definition) is 5. The molecule has 0 radical (unpaired) electrons. The number of carbonyl (C=O) groups excluding carboxylic acids is 2. The van der Waals surface area contributed by atoms with Gasteiger partial charge in [-0.3, -0.25) is 9.59 Å². The molecule has 0 N–H and O–H groups in total. The lowest BCUT2D eigenvalue weighted by Crippen LogP contribution is -2.34. The summed E-state index contributed by atoms with van der Waals surface area (Å²) in [5, 5.41) is 0. The topological polar surface area (TPSA) is 61.8 Å². The molecule has 0 aliphatic rings. The van der Waals surface area contributed by atoms with E-state index in [4.69, 9.17) is 14.2 Å². The van der Waals surface area contributed by atoms with Crippen LogP contribution in [0.15, 0.2) is 12.1 Å². The van der Waals surface area contributed by atoms with E-state index in [1.165, 1.54) is 6.92 Å². The number of ether oxygens (including phenoxy) is 3. The summed E-state index contributed by atoms with van der Waals surface area (Å²) in [5.41, 5.74) is 1.28. The highest BCUT2D eigenvalue weighted by atomic mass is 16.6. The van der Waals surface area contributed by atoms with E-state index in [2.05, 4.69) is 41.5 Å². The molecule has 5 heteroatoms. The Hall–Kier alpha value is -2.04. The van der Waals surface area contributed by atoms with Crippen molar-refractivity contribution in [2.45, 2.75) is 92.6 Å². The molecule has 1 aromatic rings. The summed E-state index contributed by atoms with van der Waals surface area (Å²) in [5.74, 6) is 0.201. The van der Waals surface area contributed by atoms with Gasteiger partial charge in [-0.25, -0.2) is 0 Å². The number of hydrogen-bond donors (Lipinski definition) is 0. The predicted octanol–water partition coefficient (Wildman–Crippen LogP) is 5.81. The summed E-state index contributed by atoms with van der Waals surface area (Å²) in [6.07, 6.45) is 0.0703. The highest BCUT2D eigenvalue weighted by Gasteiger charge is 2.33. The SMILES string of the molecule is COc1cc(C(C)(C)C)c(OC(=O)[C@H](C)[C@@H](CC(C)C)OC(C)=O)c(C(C)(C)C)c1. The van der Waals surface area contributed by atoms with Crippen LogP contribution in [-0.2, 0) is 25.2 Å². The summed E-state index contributed by atoms with van der Waals surface area (Å²) in [6.45, 7) is 19.7. The number of benzene rings is 1. The van der Waals surface area contributed by atoms with Crippen LogP contribution in [0.2, 0.25) is 0 Å². The van der Waals surface area contributed by atoms with Crippen LogP contribution in [0.3, 0.4) is 0 Å². The van der Waals surface area contributed by atoms with Crippen molar-refractivity contribution in [1.29, 1.82) is 0 Å². The molecule has 0 spiro atoms. The number of carbonyl (C=O) groups is 2. The van der Waals surface area contributed by atoms with Crippen LogP contribution in [0.1, 0.15) is 86.8 Å². The summed E-state index contributed by atoms with van der Waals surface area (Å²) in [7, 11) is 1.64. The van der Waals surface area contributed by atoms with E-state index in [0.29, 0.717) is 12.2 Å². The first kappa shape index (κ1) is 26.0. The van der Waals surface area contributed by atoms with Gasteiger partial charge in [0.15, 0.2) is 0 Å². The zero-order valence-electron chi connectivity index (χ0n) is 20.6. The Kier molecular flexibility index (Phi) is 8.53. The van der Waals surface area contributed by atoms with Gasteiger partial charge in [-0.15, -0.1) is 0 Å². The lowest BCUT2D eigenvalue weighted by atomic mass is 9.79. The molecular formula is C25H40O5. The Balaban J connectivity index is 3.45. The molecule has 0 saturated carbocycles. The minimum atomic E-state index is -0.584. The third kappa shape index (κ3) is 7.03. The number of esters is 2. The van der Waals surface area contributed by atoms with Gasteiger partial charge >= 0.3 is 11.9 Å². The average molecular weight is 421 g/mol. The Bertz CT molecular complexity index is 715. The van der Waals surface area contributed by atoms with Gasteiger partial charge in [-0.2, -0.15) is 0 Å². The lowest BCUT2D eigenvalue weighted by molar-refractivity contribution is -0.155. The maximum Gasteiger partial charge on any atom is 0.317 e. The van der Waals surface area contributed by atoms with Crippen molar-refractivity contribution in [2.24, 2.45) is 11.8 Å². The maximum atomic E-state index is 13.2. The van der Waals surface area contributed by atoms with Crippen LogP contribution >= 0.6 is 0 Å². The fraction of sp³-hybridized carbons (Fsp3) is 0.680. The van der Waals surface area contributed by atoms with Crippen molar-refractivity contribution >= 4 is 11.9 Å². The molecule has 5 nitrogen and oxygen atoms in total. The minimum Gasteiger partial charge on any atom is -0.497 e. The standard InChI is InChI=1S/C25H40O5/c1-15(2)12-21(29-17(4)26)16(3)23(27)30-22-19(24(5,6)7)13-18(28-11)14-20(22)25(8,9)10/h13-16,21H,12H2,1-11H3/t16-,21-/m1/s1. The van der Waals surface area contributed by atoms with Crippen LogP contribution < -0.4 is 9.47 Å². The zero-order valence-corrected chi connectivity index (χ0v) is 20.6. The monoisotopic (exact) mass is 420 g/mol. The van der Waals surface area contributed by atoms with Gasteiger partial charge in [0.1, 0.15) is 17.6 Å². The first-order valence-electron chi connectivity index (χ1n) is 10.7. The van der Waals surface area contributed by atoms with Gasteiger partial charge in [0.25, 0.3) is 0 Å². The minimum absolute atomic E-state index is 0.263. The van der Waals surface area contributed by atoms with Crippen LogP contribution in [0.4, 0.5) is 0 Å². The third-order valence-corrected chi connectivity index (χ3v) is 5.07. The molecule has 0 aliphatic heterocycles. The second-order valence-electron chi connectivity index (χ2n) is 10.5. The summed E-state index contributed by atoms with van der Waals surface area (Å²) in [6, 6.07) is 3.86. The van der Waals surface area contributed by atoms with E-state index in [0.717, 1.165) is 16.9 Å². The Morgan fingerprint density at radius 3 is 1.73 bits per heavy atom. The average Bonchev–Trinajstić information content (AvgIpc) is 2.57. The van der Waals surface area contributed by atoms with E-state index in [1.54, 1.807) is 14.0 Å². The maximum absolute atomic E-state index is 13.2. The highest BCUT2D eigenvalue weighted by molar-refractivity contribution is 5.77. The molecule has 1 aromatic carbocycles. The summed E-state index contributed by atoms with van der Waals surface area (Å²) < 4.78 is 17.0. The van der Waals surface area contributed by atoms with Crippen LogP contribution in [0.5, 0.6) is 11.5 Å². The van der Waals surface area contributed by atoms with Crippen molar-refractivity contribution in [3.05, 3.63) is 23.3 Å². The van der Waals surface area contributed by atoms with Crippen LogP contribution in [-0.4, -0.2) is 25.2 Å². The second kappa shape index (κ2) is 9.84. The lowest BCUT2D eigenvalue weighted by Gasteiger charge is -2.31. The van der Waals surface area contributed by atoms with Gasteiger partial charge in [-0.05, 0) is 42.2 Å². The van der Waals surface area contributed by atoms with Crippen LogP contribution in [0.25, 0.3) is 0 Å². The third-order valence-electron chi connectivity index (χ3n) is 5.07. The molecule has 0 heterocycles. The van der Waals surface area contributed by atoms with Crippen molar-refractivity contribution in [3.63, 3.8) is 0 Å². The summed E-state index contributed by atoms with van der Waals surface area (Å²) in [4.78, 5) is 24.8. The largest absolute Gasteiger partial charge is 0.497 e. The van der Waals surface area contributed by atoms with E-state index in [9.17, 15) is 9.59 Å². The molecule has 0 aliphatic carbocycles. The molecule has 0 bridgehead atoms. The molecule has 30 heavy (non-hydrogen) atoms. The van der Waals surface area contributed by atoms with E-state index in [-0.39, 0.29) is 16.7 Å². The molecule has 170 valence electrons. The van der Waals surface area contributed by atoms with Crippen molar-refractivity contribution < 1.29 is 23.8 Å². The molecular weight excluding hydrogens is 380 g/mol. The summed E-state index contributed by atoms with van der Waals surface area (Å²) >= 11 is 0. The Labute approximate surface area is 182 Å². The normalized spacial score (nSPS) is 14.3. The van der Waals surface area contributed by atoms with Gasteiger partial charge in [-0.1, -0.05) is 55.4 Å². The second-order valence-corrected chi connectivity index (χ2v) is 10.5. The fourth-order valence-electron chi connectivity index (χ4n) is 3.32. The van der Waals surface area contributed by atoms with Gasteiger partial charge in [0.2, 0.25) is 0 Å². The van der Waals surface area contributed by atoms with Crippen molar-refractivity contribution in [2.75, 3.05) is 7.11 Å². The Morgan fingerprint density at radius 2 is 1.40 bits per heavy atom. The van der Waals surface area contributed by atoms with E-state index < -0.39 is 24.0 Å². The Morgan fingerprint density at radius 1 is 0.933 bits per heavy atom. The van der Waals surface area contributed by atoms with Gasteiger partial charge < -0.3 is 14.2 Å². The fourth-order valence-corrected chi connectivity index (χ4v) is 3.32. The smallest absolute Gasteiger partial charge is 0.317 e. The molecule has 0 fully saturated rings. The van der Waals surface area contributed by atoms with Crippen LogP contribution in [0, 0.1) is 11.8 Å². The first-order chi connectivity index (χ1) is 13.6. The molecule has 1 rings (SSSR count). The van der Waals surface area contributed by atoms with Gasteiger partial charge in [0.05, 0.1) is 13.0 Å². The first-order valence-corrected chi connectivity index (χ1v) is 10.7. The van der Waals surface area contributed by atoms with Crippen molar-refractivity contribution in [3.8, 4) is 11.5 Å². The molecule has 2 atom stereocenters. The molecule has 0 saturated heterocycles. The number of rotatable bonds is 7. The van der Waals surface area contributed by atoms with E-state index in [1.807, 2.05) is 26.0 Å². The molecule has 0 unspecified atom stereocenters. The quantitative estimate of drug-likeness (QED) is 0.411. The van der Waals surface area contributed by atoms with Crippen molar-refractivity contribution in [1.82, 2.24) is 0 Å². The highest BCUT2D eigenvalue weighted by Crippen LogP contribution is 2.43. The molecule has 0 amide bonds. The predicted molar refractivity (Wildman–Crippen MR) is 120 cm³/mol. The number of methoxy groups -OCH3 is 1. The van der Waals surface area contributed by atoms with Gasteiger partial charge in [0, 0.05) is 18.1 Å².